The Bertz CT molecular complexity index is 880. The number of amides is 1. The van der Waals surface area contributed by atoms with Crippen molar-refractivity contribution in [3.8, 4) is 11.6 Å². The summed E-state index contributed by atoms with van der Waals surface area (Å²) in [5.74, 6) is 0.680. The first-order chi connectivity index (χ1) is 11.7. The van der Waals surface area contributed by atoms with E-state index in [1.54, 1.807) is 38.1 Å². The molecule has 0 aliphatic heterocycles. The van der Waals surface area contributed by atoms with E-state index >= 15 is 0 Å². The van der Waals surface area contributed by atoms with E-state index in [2.05, 4.69) is 15.3 Å². The maximum absolute atomic E-state index is 12.4. The monoisotopic (exact) mass is 361 g/mol. The van der Waals surface area contributed by atoms with Crippen LogP contribution in [0.25, 0.3) is 0 Å². The molecule has 1 atom stereocenters. The van der Waals surface area contributed by atoms with Gasteiger partial charge in [0.15, 0.2) is 9.84 Å². The molecule has 0 spiro atoms. The number of benzene rings is 1. The Labute approximate surface area is 146 Å². The van der Waals surface area contributed by atoms with Gasteiger partial charge in [-0.05, 0) is 26.0 Å². The van der Waals surface area contributed by atoms with Gasteiger partial charge in [0, 0.05) is 23.9 Å². The second-order valence-corrected chi connectivity index (χ2v) is 7.40. The topological polar surface area (TPSA) is 98.2 Å². The zero-order valence-corrected chi connectivity index (χ0v) is 14.9. The van der Waals surface area contributed by atoms with Crippen LogP contribution in [0.2, 0.25) is 0 Å². The lowest BCUT2D eigenvalue weighted by Gasteiger charge is -2.13. The summed E-state index contributed by atoms with van der Waals surface area (Å²) in [5, 5.41) is 3.71. The Morgan fingerprint density at radius 3 is 2.60 bits per heavy atom. The molecule has 0 aliphatic rings. The van der Waals surface area contributed by atoms with Crippen LogP contribution in [0.1, 0.15) is 23.1 Å². The molecule has 0 bridgehead atoms. The number of carbonyl (C=O) groups excluding carboxylic acids is 1. The Hall–Kier alpha value is -2.74. The molecule has 0 aliphatic carbocycles. The van der Waals surface area contributed by atoms with E-state index in [1.165, 1.54) is 12.3 Å². The number of nitrogens with zero attached hydrogens (tertiary/aromatic N) is 2. The van der Waals surface area contributed by atoms with Crippen molar-refractivity contribution in [3.05, 3.63) is 59.4 Å². The minimum atomic E-state index is -3.26. The number of hydrogen-bond acceptors (Lipinski definition) is 6. The lowest BCUT2D eigenvalue weighted by Crippen LogP contribution is -2.31. The quantitative estimate of drug-likeness (QED) is 0.847. The number of carbonyl (C=O) groups is 1. The van der Waals surface area contributed by atoms with Crippen LogP contribution < -0.4 is 10.1 Å². The van der Waals surface area contributed by atoms with Gasteiger partial charge in [-0.3, -0.25) is 4.79 Å². The Balaban J connectivity index is 2.20. The standard InChI is InChI=1S/C17H19N3O4S/c1-12(9-10-25(3,22)23)19-16(21)15-11-18-13(2)20-17(15)24-14-7-5-4-6-8-14/h4-12H,1-3H3,(H,19,21)/b10-9+/t12-/m0/s1. The van der Waals surface area contributed by atoms with Gasteiger partial charge in [-0.2, -0.15) is 4.98 Å². The molecule has 132 valence electrons. The van der Waals surface area contributed by atoms with Crippen molar-refractivity contribution >= 4 is 15.7 Å². The predicted molar refractivity (Wildman–Crippen MR) is 94.2 cm³/mol. The van der Waals surface area contributed by atoms with Crippen molar-refractivity contribution in [3.63, 3.8) is 0 Å². The first kappa shape index (κ1) is 18.6. The van der Waals surface area contributed by atoms with Gasteiger partial charge in [0.05, 0.1) is 0 Å². The molecule has 2 rings (SSSR count). The second kappa shape index (κ2) is 7.89. The maximum Gasteiger partial charge on any atom is 0.258 e. The Kier molecular flexibility index (Phi) is 5.87. The molecule has 7 nitrogen and oxygen atoms in total. The molecular formula is C17H19N3O4S. The molecule has 0 radical (unpaired) electrons. The van der Waals surface area contributed by atoms with Crippen molar-refractivity contribution in [1.82, 2.24) is 15.3 Å². The number of para-hydroxylation sites is 1. The summed E-state index contributed by atoms with van der Waals surface area (Å²) in [6.45, 7) is 3.35. The number of hydrogen-bond donors (Lipinski definition) is 1. The first-order valence-corrected chi connectivity index (χ1v) is 9.46. The minimum absolute atomic E-state index is 0.135. The average molecular weight is 361 g/mol. The summed E-state index contributed by atoms with van der Waals surface area (Å²) in [4.78, 5) is 20.7. The summed E-state index contributed by atoms with van der Waals surface area (Å²) in [7, 11) is -3.26. The third-order valence-electron chi connectivity index (χ3n) is 3.05. The van der Waals surface area contributed by atoms with Crippen LogP contribution in [-0.2, 0) is 9.84 Å². The highest BCUT2D eigenvalue weighted by Gasteiger charge is 2.17. The van der Waals surface area contributed by atoms with Gasteiger partial charge >= 0.3 is 0 Å². The molecule has 1 heterocycles. The van der Waals surface area contributed by atoms with Crippen LogP contribution >= 0.6 is 0 Å². The number of ether oxygens (including phenoxy) is 1. The van der Waals surface area contributed by atoms with Crippen LogP contribution in [0.15, 0.2) is 48.0 Å². The van der Waals surface area contributed by atoms with E-state index in [-0.39, 0.29) is 11.4 Å². The van der Waals surface area contributed by atoms with E-state index in [0.29, 0.717) is 11.6 Å². The highest BCUT2D eigenvalue weighted by molar-refractivity contribution is 7.93. The van der Waals surface area contributed by atoms with Gasteiger partial charge in [-0.1, -0.05) is 24.3 Å². The number of sulfone groups is 1. The van der Waals surface area contributed by atoms with Crippen LogP contribution in [0, 0.1) is 6.92 Å². The molecular weight excluding hydrogens is 342 g/mol. The molecule has 0 saturated heterocycles. The zero-order valence-electron chi connectivity index (χ0n) is 14.1. The maximum atomic E-state index is 12.4. The second-order valence-electron chi connectivity index (χ2n) is 5.47. The number of aryl methyl sites for hydroxylation is 1. The van der Waals surface area contributed by atoms with Crippen molar-refractivity contribution in [2.45, 2.75) is 19.9 Å². The Morgan fingerprint density at radius 2 is 1.96 bits per heavy atom. The fourth-order valence-corrected chi connectivity index (χ4v) is 2.40. The smallest absolute Gasteiger partial charge is 0.258 e. The van der Waals surface area contributed by atoms with Gasteiger partial charge < -0.3 is 10.1 Å². The first-order valence-electron chi connectivity index (χ1n) is 7.50. The van der Waals surface area contributed by atoms with Crippen LogP contribution in [0.5, 0.6) is 11.6 Å². The molecule has 2 aromatic rings. The molecule has 0 saturated carbocycles. The van der Waals surface area contributed by atoms with Gasteiger partial charge in [0.2, 0.25) is 5.88 Å². The highest BCUT2D eigenvalue weighted by atomic mass is 32.2. The molecule has 25 heavy (non-hydrogen) atoms. The van der Waals surface area contributed by atoms with Crippen LogP contribution in [-0.4, -0.2) is 36.6 Å². The SMILES string of the molecule is Cc1ncc(C(=O)N[C@@H](C)/C=C/S(C)(=O)=O)c(Oc2ccccc2)n1. The van der Waals surface area contributed by atoms with Crippen LogP contribution in [0.3, 0.4) is 0 Å². The lowest BCUT2D eigenvalue weighted by atomic mass is 10.2. The summed E-state index contributed by atoms with van der Waals surface area (Å²) >= 11 is 0. The lowest BCUT2D eigenvalue weighted by molar-refractivity contribution is 0.0943. The van der Waals surface area contributed by atoms with E-state index in [9.17, 15) is 13.2 Å². The van der Waals surface area contributed by atoms with E-state index < -0.39 is 21.8 Å². The number of rotatable bonds is 6. The Morgan fingerprint density at radius 1 is 1.28 bits per heavy atom. The van der Waals surface area contributed by atoms with Crippen molar-refractivity contribution in [1.29, 1.82) is 0 Å². The van der Waals surface area contributed by atoms with E-state index in [4.69, 9.17) is 4.74 Å². The normalized spacial score (nSPS) is 12.8. The van der Waals surface area contributed by atoms with Gasteiger partial charge in [-0.25, -0.2) is 13.4 Å². The molecule has 1 aromatic heterocycles. The van der Waals surface area contributed by atoms with Crippen molar-refractivity contribution < 1.29 is 17.9 Å². The largest absolute Gasteiger partial charge is 0.438 e. The molecule has 1 aromatic carbocycles. The van der Waals surface area contributed by atoms with E-state index in [1.807, 2.05) is 6.07 Å². The number of nitrogens with one attached hydrogen (secondary N) is 1. The fourth-order valence-electron chi connectivity index (χ4n) is 1.88. The molecule has 1 N–H and O–H groups in total. The summed E-state index contributed by atoms with van der Waals surface area (Å²) in [6, 6.07) is 8.46. The summed E-state index contributed by atoms with van der Waals surface area (Å²) in [5.41, 5.74) is 0.161. The predicted octanol–water partition coefficient (Wildman–Crippen LogP) is 2.25. The zero-order chi connectivity index (χ0) is 18.4. The molecule has 8 heteroatoms. The molecule has 0 fully saturated rings. The van der Waals surface area contributed by atoms with Crippen molar-refractivity contribution in [2.24, 2.45) is 0 Å². The summed E-state index contributed by atoms with van der Waals surface area (Å²) in [6.07, 6.45) is 3.85. The average Bonchev–Trinajstić information content (AvgIpc) is 2.53. The number of aromatic nitrogens is 2. The van der Waals surface area contributed by atoms with E-state index in [0.717, 1.165) is 11.7 Å². The highest BCUT2D eigenvalue weighted by Crippen LogP contribution is 2.22. The fraction of sp³-hybridized carbons (Fsp3) is 0.235. The van der Waals surface area contributed by atoms with Crippen molar-refractivity contribution in [2.75, 3.05) is 6.26 Å². The molecule has 1 amide bonds. The third-order valence-corrected chi connectivity index (χ3v) is 3.70. The van der Waals surface area contributed by atoms with Gasteiger partial charge in [0.25, 0.3) is 5.91 Å². The molecule has 0 unspecified atom stereocenters. The van der Waals surface area contributed by atoms with Gasteiger partial charge in [-0.15, -0.1) is 0 Å². The third kappa shape index (κ3) is 6.00. The van der Waals surface area contributed by atoms with Gasteiger partial charge in [0.1, 0.15) is 17.1 Å². The summed E-state index contributed by atoms with van der Waals surface area (Å²) < 4.78 is 28.0. The van der Waals surface area contributed by atoms with Crippen LogP contribution in [0.4, 0.5) is 0 Å². The minimum Gasteiger partial charge on any atom is -0.438 e.